The molecule has 31 heavy (non-hydrogen) atoms. The maximum absolute atomic E-state index is 12.3. The number of fused-ring (bicyclic) bond motifs is 3. The minimum Gasteiger partial charge on any atom is -0.406 e. The number of halogens is 3. The first-order valence-electron chi connectivity index (χ1n) is 9.99. The van der Waals surface area contributed by atoms with Gasteiger partial charge in [0, 0.05) is 58.8 Å². The van der Waals surface area contributed by atoms with E-state index in [9.17, 15) is 13.2 Å². The molecule has 1 saturated heterocycles. The normalized spacial score (nSPS) is 17.5. The second-order valence-electron chi connectivity index (χ2n) is 7.50. The van der Waals surface area contributed by atoms with Crippen LogP contribution in [0.25, 0.3) is 21.8 Å². The third-order valence-electron chi connectivity index (χ3n) is 5.49. The summed E-state index contributed by atoms with van der Waals surface area (Å²) in [6.45, 7) is 1.79. The van der Waals surface area contributed by atoms with Crippen molar-refractivity contribution in [3.8, 4) is 5.75 Å². The van der Waals surface area contributed by atoms with Crippen LogP contribution in [0, 0.1) is 0 Å². The van der Waals surface area contributed by atoms with E-state index in [4.69, 9.17) is 0 Å². The maximum Gasteiger partial charge on any atom is 0.573 e. The van der Waals surface area contributed by atoms with Crippen LogP contribution < -0.4 is 9.46 Å². The second kappa shape index (κ2) is 8.01. The van der Waals surface area contributed by atoms with E-state index in [2.05, 4.69) is 66.9 Å². The molecule has 3 aromatic carbocycles. The van der Waals surface area contributed by atoms with Gasteiger partial charge in [0.2, 0.25) is 0 Å². The standard InChI is InChI=1S/C23H20F3N3OS/c24-23(25,26)30-18-11-9-16(10-12-18)27-31-28-14-13-17(15-28)29-21-7-3-1-5-19(21)20-6-2-4-8-22(20)29/h1-12,17,27H,13-15H2/t17-/m0/s1. The van der Waals surface area contributed by atoms with E-state index < -0.39 is 6.36 Å². The molecule has 5 rings (SSSR count). The zero-order valence-electron chi connectivity index (χ0n) is 16.5. The summed E-state index contributed by atoms with van der Waals surface area (Å²) in [5, 5.41) is 2.53. The number of ether oxygens (including phenoxy) is 1. The fourth-order valence-electron chi connectivity index (χ4n) is 4.19. The highest BCUT2D eigenvalue weighted by Crippen LogP contribution is 2.36. The quantitative estimate of drug-likeness (QED) is 0.351. The lowest BCUT2D eigenvalue weighted by Gasteiger charge is -2.18. The van der Waals surface area contributed by atoms with Crippen LogP contribution in [0.2, 0.25) is 0 Å². The molecule has 1 N–H and O–H groups in total. The Kier molecular flexibility index (Phi) is 5.19. The van der Waals surface area contributed by atoms with Crippen LogP contribution in [0.15, 0.2) is 72.8 Å². The Morgan fingerprint density at radius 2 is 1.48 bits per heavy atom. The number of nitrogens with zero attached hydrogens (tertiary/aromatic N) is 2. The van der Waals surface area contributed by atoms with Crippen molar-refractivity contribution in [2.45, 2.75) is 18.8 Å². The van der Waals surface area contributed by atoms with Crippen molar-refractivity contribution in [2.24, 2.45) is 0 Å². The monoisotopic (exact) mass is 443 g/mol. The fourth-order valence-corrected chi connectivity index (χ4v) is 5.01. The van der Waals surface area contributed by atoms with Gasteiger partial charge in [-0.15, -0.1) is 13.2 Å². The zero-order chi connectivity index (χ0) is 21.4. The van der Waals surface area contributed by atoms with Crippen molar-refractivity contribution in [1.29, 1.82) is 0 Å². The topological polar surface area (TPSA) is 29.4 Å². The molecule has 4 nitrogen and oxygen atoms in total. The summed E-state index contributed by atoms with van der Waals surface area (Å²) in [7, 11) is 0. The molecular formula is C23H20F3N3OS. The van der Waals surface area contributed by atoms with Crippen LogP contribution >= 0.6 is 12.1 Å². The fraction of sp³-hybridized carbons (Fsp3) is 0.217. The molecule has 1 aliphatic heterocycles. The van der Waals surface area contributed by atoms with Crippen molar-refractivity contribution < 1.29 is 17.9 Å². The lowest BCUT2D eigenvalue weighted by molar-refractivity contribution is -0.274. The van der Waals surface area contributed by atoms with Crippen LogP contribution in [0.4, 0.5) is 18.9 Å². The van der Waals surface area contributed by atoms with Gasteiger partial charge in [-0.05, 0) is 42.8 Å². The third-order valence-corrected chi connectivity index (χ3v) is 6.41. The number of anilines is 1. The summed E-state index contributed by atoms with van der Waals surface area (Å²) in [5.74, 6) is -0.226. The highest BCUT2D eigenvalue weighted by atomic mass is 32.2. The van der Waals surface area contributed by atoms with E-state index in [-0.39, 0.29) is 5.75 Å². The van der Waals surface area contributed by atoms with Crippen molar-refractivity contribution in [3.63, 3.8) is 0 Å². The number of aromatic nitrogens is 1. The lowest BCUT2D eigenvalue weighted by atomic mass is 10.2. The molecule has 0 aliphatic carbocycles. The van der Waals surface area contributed by atoms with E-state index in [1.807, 2.05) is 0 Å². The van der Waals surface area contributed by atoms with E-state index in [0.717, 1.165) is 25.2 Å². The van der Waals surface area contributed by atoms with Gasteiger partial charge in [0.1, 0.15) is 5.75 Å². The number of hydrogen-bond acceptors (Lipinski definition) is 4. The zero-order valence-corrected chi connectivity index (χ0v) is 17.3. The minimum atomic E-state index is -4.68. The first kappa shape index (κ1) is 20.1. The van der Waals surface area contributed by atoms with Crippen molar-refractivity contribution in [3.05, 3.63) is 72.8 Å². The molecule has 1 aromatic heterocycles. The van der Waals surface area contributed by atoms with Gasteiger partial charge in [0.15, 0.2) is 0 Å². The average molecular weight is 443 g/mol. The first-order valence-corrected chi connectivity index (χ1v) is 10.8. The summed E-state index contributed by atoms with van der Waals surface area (Å²) in [6.07, 6.45) is -3.66. The second-order valence-corrected chi connectivity index (χ2v) is 8.40. The van der Waals surface area contributed by atoms with Crippen molar-refractivity contribution in [1.82, 2.24) is 8.87 Å². The Hall–Kier alpha value is -2.84. The van der Waals surface area contributed by atoms with Crippen molar-refractivity contribution >= 4 is 39.6 Å². The highest BCUT2D eigenvalue weighted by Gasteiger charge is 2.31. The molecule has 0 spiro atoms. The predicted molar refractivity (Wildman–Crippen MR) is 119 cm³/mol. The molecular weight excluding hydrogens is 423 g/mol. The smallest absolute Gasteiger partial charge is 0.406 e. The molecule has 4 aromatic rings. The molecule has 160 valence electrons. The van der Waals surface area contributed by atoms with Crippen LogP contribution in [-0.2, 0) is 0 Å². The maximum atomic E-state index is 12.3. The number of alkyl halides is 3. The SMILES string of the molecule is FC(F)(F)Oc1ccc(NSN2CC[C@H](n3c4ccccc4c4ccccc43)C2)cc1. The molecule has 1 atom stereocenters. The molecule has 0 saturated carbocycles. The Labute approximate surface area is 181 Å². The highest BCUT2D eigenvalue weighted by molar-refractivity contribution is 7.98. The number of para-hydroxylation sites is 2. The van der Waals surface area contributed by atoms with E-state index >= 15 is 0 Å². The van der Waals surface area contributed by atoms with Crippen LogP contribution in [0.3, 0.4) is 0 Å². The molecule has 2 heterocycles. The minimum absolute atomic E-state index is 0.226. The van der Waals surface area contributed by atoms with E-state index in [1.165, 1.54) is 46.1 Å². The summed E-state index contributed by atoms with van der Waals surface area (Å²) in [4.78, 5) is 0. The number of benzene rings is 3. The first-order chi connectivity index (χ1) is 15.0. The van der Waals surface area contributed by atoms with Gasteiger partial charge in [-0.25, -0.2) is 4.31 Å². The number of rotatable bonds is 5. The number of hydrogen-bond donors (Lipinski definition) is 1. The summed E-state index contributed by atoms with van der Waals surface area (Å²) >= 11 is 1.47. The molecule has 0 unspecified atom stereocenters. The summed E-state index contributed by atoms with van der Waals surface area (Å²) in [5.41, 5.74) is 3.21. The van der Waals surface area contributed by atoms with Crippen molar-refractivity contribution in [2.75, 3.05) is 17.8 Å². The molecule has 0 radical (unpaired) electrons. The van der Waals surface area contributed by atoms with Gasteiger partial charge in [-0.3, -0.25) is 0 Å². The number of nitrogens with one attached hydrogen (secondary N) is 1. The predicted octanol–water partition coefficient (Wildman–Crippen LogP) is 6.62. The lowest BCUT2D eigenvalue weighted by Crippen LogP contribution is -2.17. The van der Waals surface area contributed by atoms with E-state index in [1.54, 1.807) is 12.1 Å². The largest absolute Gasteiger partial charge is 0.573 e. The van der Waals surface area contributed by atoms with Gasteiger partial charge in [0.05, 0.1) is 0 Å². The average Bonchev–Trinajstić information content (AvgIpc) is 3.34. The molecule has 0 amide bonds. The Balaban J connectivity index is 1.28. The molecule has 8 heteroatoms. The van der Waals surface area contributed by atoms with Gasteiger partial charge < -0.3 is 14.0 Å². The van der Waals surface area contributed by atoms with Gasteiger partial charge in [-0.1, -0.05) is 36.4 Å². The van der Waals surface area contributed by atoms with Crippen LogP contribution in [0.5, 0.6) is 5.75 Å². The Bertz CT molecular complexity index is 1150. The molecule has 0 bridgehead atoms. The van der Waals surface area contributed by atoms with Crippen LogP contribution in [-0.4, -0.2) is 28.3 Å². The van der Waals surface area contributed by atoms with E-state index in [0.29, 0.717) is 6.04 Å². The summed E-state index contributed by atoms with van der Waals surface area (Å²) < 4.78 is 48.7. The van der Waals surface area contributed by atoms with Gasteiger partial charge in [0.25, 0.3) is 0 Å². The Morgan fingerprint density at radius 3 is 2.10 bits per heavy atom. The Morgan fingerprint density at radius 1 is 0.871 bits per heavy atom. The summed E-state index contributed by atoms with van der Waals surface area (Å²) in [6, 6.07) is 23.1. The van der Waals surface area contributed by atoms with Gasteiger partial charge in [-0.2, -0.15) is 0 Å². The third kappa shape index (κ3) is 4.18. The van der Waals surface area contributed by atoms with Crippen LogP contribution in [0.1, 0.15) is 12.5 Å². The van der Waals surface area contributed by atoms with Gasteiger partial charge >= 0.3 is 6.36 Å². The molecule has 1 aliphatic rings. The molecule has 1 fully saturated rings.